The highest BCUT2D eigenvalue weighted by Gasteiger charge is 2.52. The number of carbonyl (C=O) groups is 3. The molecule has 2 atom stereocenters. The summed E-state index contributed by atoms with van der Waals surface area (Å²) >= 11 is 0. The van der Waals surface area contributed by atoms with Crippen molar-refractivity contribution in [2.75, 3.05) is 26.3 Å². The van der Waals surface area contributed by atoms with Crippen LogP contribution in [0.15, 0.2) is 30.3 Å². The fourth-order valence-electron chi connectivity index (χ4n) is 3.96. The molecule has 2 saturated heterocycles. The molecule has 2 aliphatic rings. The highest BCUT2D eigenvalue weighted by Crippen LogP contribution is 2.35. The van der Waals surface area contributed by atoms with E-state index >= 15 is 0 Å². The monoisotopic (exact) mass is 456 g/mol. The van der Waals surface area contributed by atoms with Gasteiger partial charge in [-0.1, -0.05) is 30.3 Å². The summed E-state index contributed by atoms with van der Waals surface area (Å²) in [6, 6.07) is 9.65. The van der Waals surface area contributed by atoms with Crippen LogP contribution in [0.4, 0.5) is 13.2 Å². The van der Waals surface area contributed by atoms with Crippen molar-refractivity contribution in [3.63, 3.8) is 0 Å². The van der Waals surface area contributed by atoms with E-state index in [4.69, 9.17) is 4.74 Å². The van der Waals surface area contributed by atoms with Gasteiger partial charge in [0.15, 0.2) is 12.7 Å². The fourth-order valence-corrected chi connectivity index (χ4v) is 3.96. The van der Waals surface area contributed by atoms with Crippen LogP contribution in [0.2, 0.25) is 0 Å². The third-order valence-electron chi connectivity index (χ3n) is 5.75. The summed E-state index contributed by atoms with van der Waals surface area (Å²) in [5, 5.41) is 2.97. The molecule has 0 aliphatic carbocycles. The molecule has 2 heterocycles. The Kier molecular flexibility index (Phi) is 8.11. The van der Waals surface area contributed by atoms with E-state index in [-0.39, 0.29) is 25.0 Å². The number of amides is 2. The SMILES string of the molecule is O=C(CCc1ccccc1)NC1CCN(C(=O)COC(=O)[C@@H]2CCO[C@H]2C(F)(F)F)CC1. The van der Waals surface area contributed by atoms with Crippen LogP contribution in [0.1, 0.15) is 31.2 Å². The van der Waals surface area contributed by atoms with E-state index in [1.165, 1.54) is 4.90 Å². The number of aryl methyl sites for hydroxylation is 1. The van der Waals surface area contributed by atoms with E-state index in [1.54, 1.807) is 0 Å². The molecule has 32 heavy (non-hydrogen) atoms. The zero-order valence-electron chi connectivity index (χ0n) is 17.6. The maximum absolute atomic E-state index is 12.9. The van der Waals surface area contributed by atoms with Gasteiger partial charge >= 0.3 is 12.1 Å². The van der Waals surface area contributed by atoms with E-state index in [2.05, 4.69) is 10.1 Å². The maximum Gasteiger partial charge on any atom is 0.415 e. The van der Waals surface area contributed by atoms with Gasteiger partial charge in [0, 0.05) is 32.2 Å². The highest BCUT2D eigenvalue weighted by molar-refractivity contribution is 5.82. The van der Waals surface area contributed by atoms with Crippen LogP contribution in [-0.4, -0.2) is 67.3 Å². The number of piperidine rings is 1. The Hall–Kier alpha value is -2.62. The second-order valence-corrected chi connectivity index (χ2v) is 8.04. The minimum Gasteiger partial charge on any atom is -0.455 e. The number of nitrogens with one attached hydrogen (secondary N) is 1. The number of benzene rings is 1. The summed E-state index contributed by atoms with van der Waals surface area (Å²) in [4.78, 5) is 38.0. The maximum atomic E-state index is 12.9. The van der Waals surface area contributed by atoms with Crippen molar-refractivity contribution in [3.8, 4) is 0 Å². The molecule has 0 saturated carbocycles. The average Bonchev–Trinajstić information content (AvgIpc) is 3.28. The molecule has 0 spiro atoms. The van der Waals surface area contributed by atoms with Gasteiger partial charge in [-0.25, -0.2) is 0 Å². The summed E-state index contributed by atoms with van der Waals surface area (Å²) < 4.78 is 48.1. The molecular weight excluding hydrogens is 429 g/mol. The summed E-state index contributed by atoms with van der Waals surface area (Å²) in [6.07, 6.45) is -4.79. The lowest BCUT2D eigenvalue weighted by atomic mass is 10.0. The molecule has 176 valence electrons. The first-order chi connectivity index (χ1) is 15.2. The second kappa shape index (κ2) is 10.8. The molecule has 1 aromatic rings. The highest BCUT2D eigenvalue weighted by atomic mass is 19.4. The molecule has 10 heteroatoms. The largest absolute Gasteiger partial charge is 0.455 e. The molecule has 1 N–H and O–H groups in total. The number of rotatable bonds is 7. The third kappa shape index (κ3) is 6.69. The van der Waals surface area contributed by atoms with Crippen LogP contribution in [0.3, 0.4) is 0 Å². The normalized spacial score (nSPS) is 21.9. The number of likely N-dealkylation sites (tertiary alicyclic amines) is 1. The van der Waals surface area contributed by atoms with Gasteiger partial charge in [0.2, 0.25) is 5.91 Å². The molecule has 0 aromatic heterocycles. The van der Waals surface area contributed by atoms with Crippen molar-refractivity contribution in [3.05, 3.63) is 35.9 Å². The zero-order chi connectivity index (χ0) is 23.1. The number of hydrogen-bond donors (Lipinski definition) is 1. The van der Waals surface area contributed by atoms with Gasteiger partial charge in [-0.2, -0.15) is 13.2 Å². The number of nitrogens with zero attached hydrogens (tertiary/aromatic N) is 1. The average molecular weight is 456 g/mol. The van der Waals surface area contributed by atoms with Crippen LogP contribution < -0.4 is 5.32 Å². The minimum absolute atomic E-state index is 0.0481. The molecule has 0 radical (unpaired) electrons. The van der Waals surface area contributed by atoms with Crippen molar-refractivity contribution in [2.45, 2.75) is 50.4 Å². The van der Waals surface area contributed by atoms with Gasteiger partial charge in [0.1, 0.15) is 0 Å². The molecule has 2 aliphatic heterocycles. The first kappa shape index (κ1) is 24.0. The Morgan fingerprint density at radius 2 is 1.78 bits per heavy atom. The number of alkyl halides is 3. The van der Waals surface area contributed by atoms with Gasteiger partial charge < -0.3 is 19.7 Å². The van der Waals surface area contributed by atoms with Crippen LogP contribution in [0.5, 0.6) is 0 Å². The number of hydrogen-bond acceptors (Lipinski definition) is 5. The molecule has 3 rings (SSSR count). The third-order valence-corrected chi connectivity index (χ3v) is 5.75. The molecule has 0 unspecified atom stereocenters. The standard InChI is InChI=1S/C22H27F3N2O5/c23-22(24,25)20-17(10-13-31-20)21(30)32-14-19(29)27-11-8-16(9-12-27)26-18(28)7-6-15-4-2-1-3-5-15/h1-5,16-17,20H,6-14H2,(H,26,28)/t17-,20-/m1/s1. The Morgan fingerprint density at radius 3 is 2.44 bits per heavy atom. The fraction of sp³-hybridized carbons (Fsp3) is 0.591. The second-order valence-electron chi connectivity index (χ2n) is 8.04. The van der Waals surface area contributed by atoms with E-state index in [9.17, 15) is 27.6 Å². The molecule has 7 nitrogen and oxygen atoms in total. The number of carbonyl (C=O) groups excluding carboxylic acids is 3. The molecule has 2 amide bonds. The van der Waals surface area contributed by atoms with Crippen molar-refractivity contribution >= 4 is 17.8 Å². The minimum atomic E-state index is -4.66. The zero-order valence-corrected chi connectivity index (χ0v) is 17.6. The topological polar surface area (TPSA) is 84.9 Å². The number of ether oxygens (including phenoxy) is 2. The predicted molar refractivity (Wildman–Crippen MR) is 107 cm³/mol. The van der Waals surface area contributed by atoms with Crippen molar-refractivity contribution in [2.24, 2.45) is 5.92 Å². The summed E-state index contributed by atoms with van der Waals surface area (Å²) in [5.41, 5.74) is 1.09. The summed E-state index contributed by atoms with van der Waals surface area (Å²) in [6.45, 7) is -0.0358. The summed E-state index contributed by atoms with van der Waals surface area (Å²) in [7, 11) is 0. The predicted octanol–water partition coefficient (Wildman–Crippen LogP) is 2.24. The number of esters is 1. The van der Waals surface area contributed by atoms with Crippen LogP contribution in [0.25, 0.3) is 0 Å². The molecule has 1 aromatic carbocycles. The first-order valence-corrected chi connectivity index (χ1v) is 10.7. The summed E-state index contributed by atoms with van der Waals surface area (Å²) in [5.74, 6) is -3.03. The van der Waals surface area contributed by atoms with Crippen LogP contribution >= 0.6 is 0 Å². The van der Waals surface area contributed by atoms with E-state index < -0.39 is 36.7 Å². The Labute approximate surface area is 184 Å². The van der Waals surface area contributed by atoms with E-state index in [0.29, 0.717) is 38.8 Å². The lowest BCUT2D eigenvalue weighted by Gasteiger charge is -2.32. The number of halogens is 3. The van der Waals surface area contributed by atoms with Gasteiger partial charge in [-0.05, 0) is 31.2 Å². The van der Waals surface area contributed by atoms with Gasteiger partial charge in [-0.3, -0.25) is 14.4 Å². The molecule has 2 fully saturated rings. The van der Waals surface area contributed by atoms with E-state index in [0.717, 1.165) is 5.56 Å². The van der Waals surface area contributed by atoms with Crippen LogP contribution in [0, 0.1) is 5.92 Å². The quantitative estimate of drug-likeness (QED) is 0.637. The Bertz CT molecular complexity index is 795. The Morgan fingerprint density at radius 1 is 1.09 bits per heavy atom. The van der Waals surface area contributed by atoms with Crippen molar-refractivity contribution < 1.29 is 37.0 Å². The van der Waals surface area contributed by atoms with E-state index in [1.807, 2.05) is 30.3 Å². The van der Waals surface area contributed by atoms with Crippen molar-refractivity contribution in [1.82, 2.24) is 10.2 Å². The van der Waals surface area contributed by atoms with Gasteiger partial charge in [-0.15, -0.1) is 0 Å². The van der Waals surface area contributed by atoms with Crippen LogP contribution in [-0.2, 0) is 30.3 Å². The van der Waals surface area contributed by atoms with Gasteiger partial charge in [0.05, 0.1) is 5.92 Å². The first-order valence-electron chi connectivity index (χ1n) is 10.7. The lowest BCUT2D eigenvalue weighted by molar-refractivity contribution is -0.220. The molecular formula is C22H27F3N2O5. The van der Waals surface area contributed by atoms with Gasteiger partial charge in [0.25, 0.3) is 5.91 Å². The molecule has 0 bridgehead atoms. The lowest BCUT2D eigenvalue weighted by Crippen LogP contribution is -2.47. The smallest absolute Gasteiger partial charge is 0.415 e. The van der Waals surface area contributed by atoms with Crippen molar-refractivity contribution in [1.29, 1.82) is 0 Å². The Balaban J connectivity index is 1.35.